The van der Waals surface area contributed by atoms with Gasteiger partial charge in [0.2, 0.25) is 5.91 Å². The molecule has 0 radical (unpaired) electrons. The second-order valence-corrected chi connectivity index (χ2v) is 8.49. The van der Waals surface area contributed by atoms with Crippen molar-refractivity contribution in [3.8, 4) is 11.5 Å². The third-order valence-corrected chi connectivity index (χ3v) is 5.83. The molecule has 4 rings (SSSR count). The zero-order chi connectivity index (χ0) is 26.4. The summed E-state index contributed by atoms with van der Waals surface area (Å²) in [7, 11) is 1.57. The molecule has 0 bridgehead atoms. The first-order chi connectivity index (χ1) is 17.7. The number of nitrogens with one attached hydrogen (secondary N) is 1. The smallest absolute Gasteiger partial charge is 0.497 e. The summed E-state index contributed by atoms with van der Waals surface area (Å²) < 4.78 is 46.3. The first kappa shape index (κ1) is 25.9. The molecule has 1 N–H and O–H groups in total. The van der Waals surface area contributed by atoms with Crippen molar-refractivity contribution in [2.75, 3.05) is 30.4 Å². The quantitative estimate of drug-likeness (QED) is 0.425. The van der Waals surface area contributed by atoms with E-state index in [2.05, 4.69) is 10.1 Å². The molecule has 194 valence electrons. The Kier molecular flexibility index (Phi) is 7.86. The maximum absolute atomic E-state index is 13.3. The Morgan fingerprint density at radius 1 is 0.919 bits per heavy atom. The Morgan fingerprint density at radius 3 is 2.24 bits per heavy atom. The van der Waals surface area contributed by atoms with Gasteiger partial charge >= 0.3 is 12.4 Å². The fourth-order valence-electron chi connectivity index (χ4n) is 4.11. The molecule has 1 heterocycles. The van der Waals surface area contributed by atoms with Crippen LogP contribution in [0.5, 0.6) is 11.5 Å². The van der Waals surface area contributed by atoms with Gasteiger partial charge in [-0.05, 0) is 53.9 Å². The molecular formula is C27H26F3N3O4. The fourth-order valence-corrected chi connectivity index (χ4v) is 4.11. The lowest BCUT2D eigenvalue weighted by Gasteiger charge is -2.36. The Balaban J connectivity index is 1.43. The van der Waals surface area contributed by atoms with Gasteiger partial charge in [0, 0.05) is 19.6 Å². The van der Waals surface area contributed by atoms with Gasteiger partial charge in [-0.1, -0.05) is 36.4 Å². The van der Waals surface area contributed by atoms with E-state index in [9.17, 15) is 22.8 Å². The molecular weight excluding hydrogens is 487 g/mol. The number of methoxy groups -OCH3 is 1. The zero-order valence-corrected chi connectivity index (χ0v) is 20.1. The maximum Gasteiger partial charge on any atom is 0.573 e. The fraction of sp³-hybridized carbons (Fsp3) is 0.259. The van der Waals surface area contributed by atoms with Crippen LogP contribution < -0.4 is 19.7 Å². The van der Waals surface area contributed by atoms with Gasteiger partial charge in [-0.2, -0.15) is 0 Å². The van der Waals surface area contributed by atoms with Gasteiger partial charge in [-0.15, -0.1) is 13.2 Å². The molecule has 1 aliphatic rings. The van der Waals surface area contributed by atoms with Crippen LogP contribution >= 0.6 is 0 Å². The molecule has 0 spiro atoms. The number of alkyl halides is 3. The highest BCUT2D eigenvalue weighted by Gasteiger charge is 2.31. The van der Waals surface area contributed by atoms with Crippen molar-refractivity contribution in [1.82, 2.24) is 4.90 Å². The number of hydrogen-bond donors (Lipinski definition) is 1. The number of amides is 3. The van der Waals surface area contributed by atoms with Crippen molar-refractivity contribution in [2.24, 2.45) is 0 Å². The molecule has 0 atom stereocenters. The van der Waals surface area contributed by atoms with Crippen LogP contribution in [0.1, 0.15) is 17.5 Å². The van der Waals surface area contributed by atoms with Gasteiger partial charge < -0.3 is 19.7 Å². The van der Waals surface area contributed by atoms with Crippen LogP contribution in [0.3, 0.4) is 0 Å². The Morgan fingerprint density at radius 2 is 1.57 bits per heavy atom. The number of carbonyl (C=O) groups excluding carboxylic acids is 2. The van der Waals surface area contributed by atoms with E-state index in [0.717, 1.165) is 5.56 Å². The SMILES string of the molecule is COc1ccc(CC(=O)Nc2ccccc2N2CCCN(Cc3ccc(OC(F)(F)F)cc3)C2=O)cc1. The van der Waals surface area contributed by atoms with E-state index in [1.807, 2.05) is 12.1 Å². The summed E-state index contributed by atoms with van der Waals surface area (Å²) >= 11 is 0. The molecule has 0 aromatic heterocycles. The predicted molar refractivity (Wildman–Crippen MR) is 133 cm³/mol. The minimum atomic E-state index is -4.76. The van der Waals surface area contributed by atoms with Crippen molar-refractivity contribution >= 4 is 23.3 Å². The summed E-state index contributed by atoms with van der Waals surface area (Å²) in [5, 5.41) is 2.91. The summed E-state index contributed by atoms with van der Waals surface area (Å²) in [5.41, 5.74) is 2.59. The lowest BCUT2D eigenvalue weighted by atomic mass is 10.1. The molecule has 3 aromatic carbocycles. The number of ether oxygens (including phenoxy) is 2. The molecule has 0 unspecified atom stereocenters. The molecule has 10 heteroatoms. The second-order valence-electron chi connectivity index (χ2n) is 8.49. The number of carbonyl (C=O) groups is 2. The summed E-state index contributed by atoms with van der Waals surface area (Å²) in [5.74, 6) is 0.163. The van der Waals surface area contributed by atoms with E-state index in [1.54, 1.807) is 53.3 Å². The molecule has 0 aliphatic carbocycles. The van der Waals surface area contributed by atoms with Crippen molar-refractivity contribution in [3.63, 3.8) is 0 Å². The highest BCUT2D eigenvalue weighted by molar-refractivity contribution is 6.01. The minimum Gasteiger partial charge on any atom is -0.497 e. The molecule has 1 aliphatic heterocycles. The molecule has 3 amide bonds. The summed E-state index contributed by atoms with van der Waals surface area (Å²) in [6.45, 7) is 1.20. The van der Waals surface area contributed by atoms with Crippen LogP contribution in [0, 0.1) is 0 Å². The maximum atomic E-state index is 13.3. The van der Waals surface area contributed by atoms with Gasteiger partial charge in [-0.3, -0.25) is 9.69 Å². The Hall–Kier alpha value is -4.21. The van der Waals surface area contributed by atoms with Crippen molar-refractivity contribution < 1.29 is 32.2 Å². The highest BCUT2D eigenvalue weighted by atomic mass is 19.4. The average molecular weight is 514 g/mol. The number of para-hydroxylation sites is 2. The van der Waals surface area contributed by atoms with Gasteiger partial charge in [0.1, 0.15) is 11.5 Å². The van der Waals surface area contributed by atoms with Crippen molar-refractivity contribution in [1.29, 1.82) is 0 Å². The van der Waals surface area contributed by atoms with Crippen LogP contribution in [-0.2, 0) is 17.8 Å². The monoisotopic (exact) mass is 513 g/mol. The Labute approximate surface area is 212 Å². The lowest BCUT2D eigenvalue weighted by Crippen LogP contribution is -2.49. The van der Waals surface area contributed by atoms with Crippen LogP contribution in [0.25, 0.3) is 0 Å². The highest BCUT2D eigenvalue weighted by Crippen LogP contribution is 2.30. The van der Waals surface area contributed by atoms with Crippen molar-refractivity contribution in [2.45, 2.75) is 25.7 Å². The van der Waals surface area contributed by atoms with Crippen LogP contribution in [0.4, 0.5) is 29.3 Å². The molecule has 0 saturated carbocycles. The van der Waals surface area contributed by atoms with Gasteiger partial charge in [0.05, 0.1) is 24.9 Å². The normalized spacial score (nSPS) is 13.9. The third kappa shape index (κ3) is 6.93. The number of urea groups is 1. The largest absolute Gasteiger partial charge is 0.573 e. The molecule has 1 saturated heterocycles. The Bertz CT molecular complexity index is 1230. The number of benzene rings is 3. The second kappa shape index (κ2) is 11.2. The first-order valence-electron chi connectivity index (χ1n) is 11.6. The molecule has 37 heavy (non-hydrogen) atoms. The number of anilines is 2. The number of hydrogen-bond acceptors (Lipinski definition) is 4. The first-order valence-corrected chi connectivity index (χ1v) is 11.6. The summed E-state index contributed by atoms with van der Waals surface area (Å²) in [4.78, 5) is 29.3. The van der Waals surface area contributed by atoms with Gasteiger partial charge in [-0.25, -0.2) is 4.79 Å². The van der Waals surface area contributed by atoms with E-state index in [0.29, 0.717) is 42.2 Å². The van der Waals surface area contributed by atoms with E-state index in [4.69, 9.17) is 4.74 Å². The van der Waals surface area contributed by atoms with Crippen LogP contribution in [0.15, 0.2) is 72.8 Å². The minimum absolute atomic E-state index is 0.159. The molecule has 3 aromatic rings. The van der Waals surface area contributed by atoms with Crippen LogP contribution in [0.2, 0.25) is 0 Å². The standard InChI is InChI=1S/C27H26F3N3O4/c1-36-21-11-7-19(8-12-21)17-25(34)31-23-5-2-3-6-24(23)33-16-4-15-32(26(33)35)18-20-9-13-22(14-10-20)37-27(28,29)30/h2-3,5-14H,4,15-18H2,1H3,(H,31,34). The van der Waals surface area contributed by atoms with E-state index < -0.39 is 6.36 Å². The molecule has 7 nitrogen and oxygen atoms in total. The topological polar surface area (TPSA) is 71.1 Å². The average Bonchev–Trinajstić information content (AvgIpc) is 2.86. The zero-order valence-electron chi connectivity index (χ0n) is 20.1. The van der Waals surface area contributed by atoms with Gasteiger partial charge in [0.25, 0.3) is 0 Å². The summed E-state index contributed by atoms with van der Waals surface area (Å²) in [6, 6.07) is 19.5. The number of rotatable bonds is 8. The van der Waals surface area contributed by atoms with Gasteiger partial charge in [0.15, 0.2) is 0 Å². The van der Waals surface area contributed by atoms with Crippen molar-refractivity contribution in [3.05, 3.63) is 83.9 Å². The number of halogens is 3. The van der Waals surface area contributed by atoms with E-state index in [-0.39, 0.29) is 30.7 Å². The number of nitrogens with zero attached hydrogens (tertiary/aromatic N) is 2. The summed E-state index contributed by atoms with van der Waals surface area (Å²) in [6.07, 6.45) is -3.91. The van der Waals surface area contributed by atoms with E-state index in [1.165, 1.54) is 24.3 Å². The van der Waals surface area contributed by atoms with Crippen LogP contribution in [-0.4, -0.2) is 43.4 Å². The lowest BCUT2D eigenvalue weighted by molar-refractivity contribution is -0.274. The van der Waals surface area contributed by atoms with E-state index >= 15 is 0 Å². The predicted octanol–water partition coefficient (Wildman–Crippen LogP) is 5.61. The molecule has 1 fully saturated rings. The third-order valence-electron chi connectivity index (χ3n) is 5.83.